The van der Waals surface area contributed by atoms with E-state index in [0.717, 1.165) is 6.42 Å². The predicted molar refractivity (Wildman–Crippen MR) is 69.5 cm³/mol. The highest BCUT2D eigenvalue weighted by Crippen LogP contribution is 2.23. The highest BCUT2D eigenvalue weighted by Gasteiger charge is 2.13. The highest BCUT2D eigenvalue weighted by atomic mass is 35.5. The van der Waals surface area contributed by atoms with Gasteiger partial charge in [-0.3, -0.25) is 0 Å². The van der Waals surface area contributed by atoms with Crippen LogP contribution in [0.25, 0.3) is 0 Å². The van der Waals surface area contributed by atoms with Gasteiger partial charge in [0.2, 0.25) is 0 Å². The molecule has 0 aliphatic heterocycles. The van der Waals surface area contributed by atoms with Crippen LogP contribution in [0.2, 0.25) is 0 Å². The summed E-state index contributed by atoms with van der Waals surface area (Å²) in [5.74, 6) is 0.552. The summed E-state index contributed by atoms with van der Waals surface area (Å²) in [6.07, 6.45) is 1.13. The number of hydrogen-bond acceptors (Lipinski definition) is 1. The SMILES string of the molecule is CCC(C)[C@H](N)c1cc(C)cc(C)c1.Cl. The molecular weight excluding hydrogens is 206 g/mol. The Bertz CT molecular complexity index is 289. The third-order valence-corrected chi connectivity index (χ3v) is 2.89. The lowest BCUT2D eigenvalue weighted by molar-refractivity contribution is 0.456. The van der Waals surface area contributed by atoms with Crippen LogP contribution < -0.4 is 5.73 Å². The van der Waals surface area contributed by atoms with Crippen LogP contribution in [0.1, 0.15) is 43.0 Å². The maximum absolute atomic E-state index is 6.19. The molecule has 0 bridgehead atoms. The second-order valence-corrected chi connectivity index (χ2v) is 4.33. The Morgan fingerprint density at radius 3 is 2.00 bits per heavy atom. The lowest BCUT2D eigenvalue weighted by atomic mass is 9.91. The minimum absolute atomic E-state index is 0. The molecule has 0 aromatic heterocycles. The Labute approximate surface area is 99.5 Å². The van der Waals surface area contributed by atoms with Crippen LogP contribution in [0.4, 0.5) is 0 Å². The molecular formula is C13H22ClN. The molecule has 1 nitrogen and oxygen atoms in total. The minimum atomic E-state index is 0. The fourth-order valence-corrected chi connectivity index (χ4v) is 1.78. The van der Waals surface area contributed by atoms with Crippen LogP contribution in [0.15, 0.2) is 18.2 Å². The quantitative estimate of drug-likeness (QED) is 0.836. The van der Waals surface area contributed by atoms with Gasteiger partial charge in [-0.2, -0.15) is 0 Å². The van der Waals surface area contributed by atoms with Gasteiger partial charge in [0.1, 0.15) is 0 Å². The standard InChI is InChI=1S/C13H21N.ClH/c1-5-11(4)13(14)12-7-9(2)6-10(3)8-12;/h6-8,11,13H,5,14H2,1-4H3;1H/t11?,13-;/m0./s1. The minimum Gasteiger partial charge on any atom is -0.324 e. The molecule has 1 aromatic rings. The van der Waals surface area contributed by atoms with Crippen LogP contribution in [-0.4, -0.2) is 0 Å². The first-order valence-corrected chi connectivity index (χ1v) is 5.38. The summed E-state index contributed by atoms with van der Waals surface area (Å²) >= 11 is 0. The monoisotopic (exact) mass is 227 g/mol. The molecule has 0 spiro atoms. The molecule has 15 heavy (non-hydrogen) atoms. The van der Waals surface area contributed by atoms with E-state index in [1.807, 2.05) is 0 Å². The molecule has 0 aliphatic rings. The zero-order valence-electron chi connectivity index (χ0n) is 10.1. The van der Waals surface area contributed by atoms with Crippen LogP contribution in [0.3, 0.4) is 0 Å². The van der Waals surface area contributed by atoms with Crippen LogP contribution >= 0.6 is 12.4 Å². The third-order valence-electron chi connectivity index (χ3n) is 2.89. The van der Waals surface area contributed by atoms with E-state index in [1.165, 1.54) is 16.7 Å². The Morgan fingerprint density at radius 1 is 1.13 bits per heavy atom. The van der Waals surface area contributed by atoms with E-state index in [4.69, 9.17) is 5.73 Å². The second kappa shape index (κ2) is 6.14. The van der Waals surface area contributed by atoms with Crippen molar-refractivity contribution in [3.8, 4) is 0 Å². The summed E-state index contributed by atoms with van der Waals surface area (Å²) in [5.41, 5.74) is 10.1. The van der Waals surface area contributed by atoms with Crippen LogP contribution in [-0.2, 0) is 0 Å². The van der Waals surface area contributed by atoms with E-state index in [2.05, 4.69) is 45.9 Å². The van der Waals surface area contributed by atoms with Crippen molar-refractivity contribution in [3.63, 3.8) is 0 Å². The van der Waals surface area contributed by atoms with Gasteiger partial charge >= 0.3 is 0 Å². The van der Waals surface area contributed by atoms with Crippen molar-refractivity contribution in [2.75, 3.05) is 0 Å². The Morgan fingerprint density at radius 2 is 1.60 bits per heavy atom. The summed E-state index contributed by atoms with van der Waals surface area (Å²) in [6, 6.07) is 6.76. The van der Waals surface area contributed by atoms with Crippen LogP contribution in [0.5, 0.6) is 0 Å². The summed E-state index contributed by atoms with van der Waals surface area (Å²) in [4.78, 5) is 0. The third kappa shape index (κ3) is 3.84. The van der Waals surface area contributed by atoms with E-state index < -0.39 is 0 Å². The molecule has 1 unspecified atom stereocenters. The van der Waals surface area contributed by atoms with Gasteiger partial charge in [-0.25, -0.2) is 0 Å². The lowest BCUT2D eigenvalue weighted by Gasteiger charge is -2.19. The van der Waals surface area contributed by atoms with Crippen molar-refractivity contribution in [1.82, 2.24) is 0 Å². The first kappa shape index (κ1) is 14.5. The van der Waals surface area contributed by atoms with E-state index >= 15 is 0 Å². The topological polar surface area (TPSA) is 26.0 Å². The van der Waals surface area contributed by atoms with Gasteiger partial charge in [-0.1, -0.05) is 49.6 Å². The van der Waals surface area contributed by atoms with Gasteiger partial charge in [0.05, 0.1) is 0 Å². The molecule has 0 radical (unpaired) electrons. The molecule has 0 saturated heterocycles. The summed E-state index contributed by atoms with van der Waals surface area (Å²) in [5, 5.41) is 0. The largest absolute Gasteiger partial charge is 0.324 e. The molecule has 1 aromatic carbocycles. The van der Waals surface area contributed by atoms with Crippen molar-refractivity contribution in [2.45, 2.75) is 40.2 Å². The summed E-state index contributed by atoms with van der Waals surface area (Å²) < 4.78 is 0. The normalized spacial score (nSPS) is 14.2. The molecule has 86 valence electrons. The van der Waals surface area contributed by atoms with Crippen molar-refractivity contribution in [3.05, 3.63) is 34.9 Å². The van der Waals surface area contributed by atoms with Gasteiger partial charge in [-0.15, -0.1) is 12.4 Å². The van der Waals surface area contributed by atoms with Crippen molar-refractivity contribution in [2.24, 2.45) is 11.7 Å². The smallest absolute Gasteiger partial charge is 0.0320 e. The molecule has 0 aliphatic carbocycles. The average Bonchev–Trinajstić information content (AvgIpc) is 2.14. The van der Waals surface area contributed by atoms with Gasteiger partial charge < -0.3 is 5.73 Å². The van der Waals surface area contributed by atoms with Gasteiger partial charge in [-0.05, 0) is 25.3 Å². The Kier molecular flexibility index (Phi) is 5.92. The fourth-order valence-electron chi connectivity index (χ4n) is 1.78. The van der Waals surface area contributed by atoms with E-state index in [1.54, 1.807) is 0 Å². The number of nitrogens with two attached hydrogens (primary N) is 1. The molecule has 1 rings (SSSR count). The van der Waals surface area contributed by atoms with E-state index in [-0.39, 0.29) is 18.4 Å². The lowest BCUT2D eigenvalue weighted by Crippen LogP contribution is -2.18. The fraction of sp³-hybridized carbons (Fsp3) is 0.538. The average molecular weight is 228 g/mol. The molecule has 0 saturated carbocycles. The predicted octanol–water partition coefficient (Wildman–Crippen LogP) is 3.77. The zero-order valence-corrected chi connectivity index (χ0v) is 10.9. The maximum atomic E-state index is 6.19. The van der Waals surface area contributed by atoms with Gasteiger partial charge in [0.25, 0.3) is 0 Å². The first-order valence-electron chi connectivity index (χ1n) is 5.38. The van der Waals surface area contributed by atoms with E-state index in [0.29, 0.717) is 5.92 Å². The molecule has 2 heteroatoms. The molecule has 0 amide bonds. The number of benzene rings is 1. The number of aryl methyl sites for hydroxylation is 2. The second-order valence-electron chi connectivity index (χ2n) is 4.33. The Balaban J connectivity index is 0.00000196. The molecule has 2 N–H and O–H groups in total. The number of halogens is 1. The molecule has 0 heterocycles. The van der Waals surface area contributed by atoms with Crippen molar-refractivity contribution >= 4 is 12.4 Å². The number of rotatable bonds is 3. The van der Waals surface area contributed by atoms with E-state index in [9.17, 15) is 0 Å². The van der Waals surface area contributed by atoms with Gasteiger partial charge in [0, 0.05) is 6.04 Å². The summed E-state index contributed by atoms with van der Waals surface area (Å²) in [6.45, 7) is 8.65. The number of hydrogen-bond donors (Lipinski definition) is 1. The maximum Gasteiger partial charge on any atom is 0.0320 e. The molecule has 0 fully saturated rings. The van der Waals surface area contributed by atoms with Crippen LogP contribution in [0, 0.1) is 19.8 Å². The van der Waals surface area contributed by atoms with Gasteiger partial charge in [0.15, 0.2) is 0 Å². The van der Waals surface area contributed by atoms with Crippen molar-refractivity contribution < 1.29 is 0 Å². The van der Waals surface area contributed by atoms with Crippen molar-refractivity contribution in [1.29, 1.82) is 0 Å². The Hall–Kier alpha value is -0.530. The summed E-state index contributed by atoms with van der Waals surface area (Å²) in [7, 11) is 0. The molecule has 2 atom stereocenters. The first-order chi connectivity index (χ1) is 6.54. The zero-order chi connectivity index (χ0) is 10.7. The highest BCUT2D eigenvalue weighted by molar-refractivity contribution is 5.85.